The third-order valence-corrected chi connectivity index (χ3v) is 19.6. The second kappa shape index (κ2) is 65.0. The fraction of sp³-hybridized carbons (Fsp3) is 0.945. The summed E-state index contributed by atoms with van der Waals surface area (Å²) in [6.07, 6.45) is 51.7. The topological polar surface area (TPSA) is 237 Å². The number of carbonyl (C=O) groups excluding carboxylic acids is 4. The van der Waals surface area contributed by atoms with E-state index in [1.807, 2.05) is 0 Å². The highest BCUT2D eigenvalue weighted by Crippen LogP contribution is 2.45. The number of unbranched alkanes of at least 4 members (excludes halogenated alkanes) is 40. The number of hydrogen-bond donors (Lipinski definition) is 3. The maximum absolute atomic E-state index is 13.1. The first-order valence-electron chi connectivity index (χ1n) is 38.1. The third kappa shape index (κ3) is 64.1. The number of carbonyl (C=O) groups is 4. The lowest BCUT2D eigenvalue weighted by Gasteiger charge is -2.21. The zero-order chi connectivity index (χ0) is 67.9. The van der Waals surface area contributed by atoms with Crippen molar-refractivity contribution < 1.29 is 80.2 Å². The van der Waals surface area contributed by atoms with Crippen LogP contribution in [0.2, 0.25) is 0 Å². The molecule has 7 atom stereocenters. The average molecular weight is 1350 g/mol. The van der Waals surface area contributed by atoms with Crippen molar-refractivity contribution in [3.63, 3.8) is 0 Å². The van der Waals surface area contributed by atoms with Crippen LogP contribution in [0.25, 0.3) is 0 Å². The summed E-state index contributed by atoms with van der Waals surface area (Å²) in [7, 11) is -9.89. The Hall–Kier alpha value is -1.94. The Morgan fingerprint density at radius 2 is 0.522 bits per heavy atom. The van der Waals surface area contributed by atoms with Crippen LogP contribution < -0.4 is 0 Å². The first kappa shape index (κ1) is 90.1. The van der Waals surface area contributed by atoms with Crippen molar-refractivity contribution in [2.24, 2.45) is 11.8 Å². The average Bonchev–Trinajstić information content (AvgIpc) is 2.54. The first-order chi connectivity index (χ1) is 44.4. The summed E-state index contributed by atoms with van der Waals surface area (Å²) in [6, 6.07) is 0. The highest BCUT2D eigenvalue weighted by atomic mass is 31.2. The SMILES string of the molecule is CCCCCCCCCCCCCC(=O)O[C@H](COC(=O)CCCCCCC)COP(=O)(O)OC[C@H](O)COP(=O)(O)OC[C@@H](COC(=O)CCCCCCCCCCCCC(C)CC)OC(=O)CCCCCCCCCCCCCCCCCCCCC(C)CC. The molecule has 0 rings (SSSR count). The van der Waals surface area contributed by atoms with Gasteiger partial charge in [-0.3, -0.25) is 37.3 Å². The molecule has 0 fully saturated rings. The molecule has 0 saturated heterocycles. The standard InChI is InChI=1S/C73H142O17P2/c1-7-11-13-15-16-17-26-34-39-45-51-57-72(77)89-68(61-83-70(75)55-49-41-14-12-8-2)63-87-91(79,80)85-59-67(74)60-86-92(81,82)88-64-69(62-84-71(76)56-50-44-38-33-30-29-32-37-43-48-54-66(6)10-4)90-73(78)58-52-46-40-35-28-25-23-21-19-18-20-22-24-27-31-36-42-47-53-65(5)9-3/h65-69,74H,7-64H2,1-6H3,(H,79,80)(H,81,82)/t65?,66?,67-,68+,69+/m0/s1. The normalized spacial score (nSPS) is 14.7. The Kier molecular flexibility index (Phi) is 63.7. The van der Waals surface area contributed by atoms with Gasteiger partial charge in [0.25, 0.3) is 0 Å². The molecule has 0 spiro atoms. The van der Waals surface area contributed by atoms with Crippen LogP contribution in [0, 0.1) is 11.8 Å². The van der Waals surface area contributed by atoms with E-state index in [0.29, 0.717) is 25.7 Å². The fourth-order valence-corrected chi connectivity index (χ4v) is 12.6. The minimum atomic E-state index is -4.95. The van der Waals surface area contributed by atoms with E-state index in [0.717, 1.165) is 108 Å². The van der Waals surface area contributed by atoms with Crippen LogP contribution in [-0.2, 0) is 65.4 Å². The fourth-order valence-electron chi connectivity index (χ4n) is 11.1. The van der Waals surface area contributed by atoms with E-state index in [-0.39, 0.29) is 25.7 Å². The minimum Gasteiger partial charge on any atom is -0.462 e. The molecule has 0 bridgehead atoms. The molecule has 0 amide bonds. The summed E-state index contributed by atoms with van der Waals surface area (Å²) in [4.78, 5) is 72.3. The van der Waals surface area contributed by atoms with Crippen molar-refractivity contribution in [3.8, 4) is 0 Å². The van der Waals surface area contributed by atoms with Gasteiger partial charge < -0.3 is 33.8 Å². The molecule has 0 aliphatic rings. The van der Waals surface area contributed by atoms with Gasteiger partial charge in [0, 0.05) is 25.7 Å². The number of phosphoric acid groups is 2. The number of rotatable bonds is 72. The summed E-state index contributed by atoms with van der Waals surface area (Å²) < 4.78 is 68.1. The van der Waals surface area contributed by atoms with Gasteiger partial charge in [-0.15, -0.1) is 0 Å². The number of aliphatic hydroxyl groups excluding tert-OH is 1. The van der Waals surface area contributed by atoms with E-state index in [1.54, 1.807) is 0 Å². The lowest BCUT2D eigenvalue weighted by Crippen LogP contribution is -2.30. The molecular weight excluding hydrogens is 1210 g/mol. The summed E-state index contributed by atoms with van der Waals surface area (Å²) in [5.74, 6) is -0.451. The Bertz CT molecular complexity index is 1790. The molecule has 0 aliphatic carbocycles. The predicted octanol–water partition coefficient (Wildman–Crippen LogP) is 21.2. The molecule has 0 saturated carbocycles. The van der Waals surface area contributed by atoms with Gasteiger partial charge in [-0.1, -0.05) is 324 Å². The van der Waals surface area contributed by atoms with Gasteiger partial charge >= 0.3 is 39.5 Å². The van der Waals surface area contributed by atoms with Crippen LogP contribution in [0.4, 0.5) is 0 Å². The monoisotopic (exact) mass is 1350 g/mol. The largest absolute Gasteiger partial charge is 0.472 e. The Labute approximate surface area is 562 Å². The van der Waals surface area contributed by atoms with Gasteiger partial charge in [0.05, 0.1) is 26.4 Å². The van der Waals surface area contributed by atoms with Gasteiger partial charge in [0.2, 0.25) is 0 Å². The van der Waals surface area contributed by atoms with Crippen molar-refractivity contribution in [1.82, 2.24) is 0 Å². The van der Waals surface area contributed by atoms with Crippen LogP contribution in [0.5, 0.6) is 0 Å². The van der Waals surface area contributed by atoms with Gasteiger partial charge in [-0.2, -0.15) is 0 Å². The minimum absolute atomic E-state index is 0.106. The maximum atomic E-state index is 13.1. The molecule has 19 heteroatoms. The Balaban J connectivity index is 5.11. The summed E-state index contributed by atoms with van der Waals surface area (Å²) in [5.41, 5.74) is 0. The van der Waals surface area contributed by atoms with E-state index in [1.165, 1.54) is 186 Å². The quantitative estimate of drug-likeness (QED) is 0.0222. The summed E-state index contributed by atoms with van der Waals surface area (Å²) >= 11 is 0. The molecular formula is C73H142O17P2. The third-order valence-electron chi connectivity index (χ3n) is 17.7. The molecule has 0 aliphatic heterocycles. The predicted molar refractivity (Wildman–Crippen MR) is 372 cm³/mol. The van der Waals surface area contributed by atoms with Gasteiger partial charge in [-0.05, 0) is 37.5 Å². The second-order valence-electron chi connectivity index (χ2n) is 26.8. The first-order valence-corrected chi connectivity index (χ1v) is 41.1. The molecule has 0 radical (unpaired) electrons. The number of phosphoric ester groups is 2. The Morgan fingerprint density at radius 1 is 0.304 bits per heavy atom. The molecule has 3 N–H and O–H groups in total. The molecule has 0 heterocycles. The van der Waals surface area contributed by atoms with Crippen molar-refractivity contribution in [2.75, 3.05) is 39.6 Å². The van der Waals surface area contributed by atoms with E-state index in [4.69, 9.17) is 37.0 Å². The van der Waals surface area contributed by atoms with E-state index < -0.39 is 97.5 Å². The van der Waals surface area contributed by atoms with Gasteiger partial charge in [0.1, 0.15) is 19.3 Å². The smallest absolute Gasteiger partial charge is 0.462 e. The molecule has 0 aromatic rings. The molecule has 4 unspecified atom stereocenters. The van der Waals surface area contributed by atoms with Crippen molar-refractivity contribution >= 4 is 39.5 Å². The number of ether oxygens (including phenoxy) is 4. The maximum Gasteiger partial charge on any atom is 0.472 e. The number of hydrogen-bond acceptors (Lipinski definition) is 15. The molecule has 546 valence electrons. The second-order valence-corrected chi connectivity index (χ2v) is 29.7. The van der Waals surface area contributed by atoms with E-state index in [2.05, 4.69) is 41.5 Å². The highest BCUT2D eigenvalue weighted by molar-refractivity contribution is 7.47. The van der Waals surface area contributed by atoms with Crippen LogP contribution in [-0.4, -0.2) is 96.7 Å². The van der Waals surface area contributed by atoms with Crippen LogP contribution >= 0.6 is 15.6 Å². The Morgan fingerprint density at radius 3 is 0.772 bits per heavy atom. The van der Waals surface area contributed by atoms with Crippen LogP contribution in [0.1, 0.15) is 375 Å². The molecule has 0 aromatic heterocycles. The number of esters is 4. The van der Waals surface area contributed by atoms with Crippen molar-refractivity contribution in [1.29, 1.82) is 0 Å². The van der Waals surface area contributed by atoms with E-state index in [9.17, 15) is 43.2 Å². The number of aliphatic hydroxyl groups is 1. The van der Waals surface area contributed by atoms with E-state index >= 15 is 0 Å². The van der Waals surface area contributed by atoms with Crippen LogP contribution in [0.15, 0.2) is 0 Å². The zero-order valence-corrected chi connectivity index (χ0v) is 61.6. The van der Waals surface area contributed by atoms with Crippen molar-refractivity contribution in [2.45, 2.75) is 394 Å². The molecule has 0 aromatic carbocycles. The summed E-state index contributed by atoms with van der Waals surface area (Å²) in [6.45, 7) is 9.57. The summed E-state index contributed by atoms with van der Waals surface area (Å²) in [5, 5.41) is 10.6. The lowest BCUT2D eigenvalue weighted by molar-refractivity contribution is -0.161. The van der Waals surface area contributed by atoms with Crippen molar-refractivity contribution in [3.05, 3.63) is 0 Å². The van der Waals surface area contributed by atoms with Gasteiger partial charge in [-0.25, -0.2) is 9.13 Å². The highest BCUT2D eigenvalue weighted by Gasteiger charge is 2.30. The zero-order valence-electron chi connectivity index (χ0n) is 59.9. The molecule has 92 heavy (non-hydrogen) atoms. The van der Waals surface area contributed by atoms with Gasteiger partial charge in [0.15, 0.2) is 12.2 Å². The molecule has 17 nitrogen and oxygen atoms in total. The van der Waals surface area contributed by atoms with Crippen LogP contribution in [0.3, 0.4) is 0 Å². The lowest BCUT2D eigenvalue weighted by atomic mass is 9.99.